The van der Waals surface area contributed by atoms with Crippen LogP contribution in [0.5, 0.6) is 5.75 Å². The molecule has 34 heavy (non-hydrogen) atoms. The molecule has 4 aromatic rings. The van der Waals surface area contributed by atoms with Crippen LogP contribution in [0.1, 0.15) is 33.6 Å². The summed E-state index contributed by atoms with van der Waals surface area (Å²) in [5.41, 5.74) is 4.18. The predicted octanol–water partition coefficient (Wildman–Crippen LogP) is 3.75. The number of H-pyrrole nitrogens is 1. The van der Waals surface area contributed by atoms with Crippen LogP contribution in [-0.2, 0) is 0 Å². The van der Waals surface area contributed by atoms with Crippen molar-refractivity contribution in [3.05, 3.63) is 77.9 Å². The lowest BCUT2D eigenvalue weighted by molar-refractivity contribution is 0.0950. The van der Waals surface area contributed by atoms with Gasteiger partial charge in [0.2, 0.25) is 0 Å². The highest BCUT2D eigenvalue weighted by molar-refractivity contribution is 6.05. The maximum Gasteiger partial charge on any atom is 0.255 e. The van der Waals surface area contributed by atoms with Crippen LogP contribution >= 0.6 is 0 Å². The molecule has 0 atom stereocenters. The molecule has 1 aliphatic carbocycles. The molecule has 1 heterocycles. The zero-order valence-corrected chi connectivity index (χ0v) is 18.4. The largest absolute Gasteiger partial charge is 0.491 e. The molecular weight excluding hydrogens is 432 g/mol. The third-order valence-corrected chi connectivity index (χ3v) is 5.55. The summed E-state index contributed by atoms with van der Waals surface area (Å²) >= 11 is 0. The van der Waals surface area contributed by atoms with Gasteiger partial charge in [-0.25, -0.2) is 4.98 Å². The molecule has 1 saturated carbocycles. The number of hydrogen-bond acceptors (Lipinski definition) is 5. The lowest BCUT2D eigenvalue weighted by atomic mass is 10.1. The second kappa shape index (κ2) is 9.36. The van der Waals surface area contributed by atoms with Crippen LogP contribution in [0.3, 0.4) is 0 Å². The minimum atomic E-state index is -0.246. The summed E-state index contributed by atoms with van der Waals surface area (Å²) in [6.07, 6.45) is 2.11. The molecule has 0 spiro atoms. The Balaban J connectivity index is 1.28. The van der Waals surface area contributed by atoms with Crippen molar-refractivity contribution in [1.29, 1.82) is 0 Å². The highest BCUT2D eigenvalue weighted by Crippen LogP contribution is 2.24. The van der Waals surface area contributed by atoms with Crippen LogP contribution in [0.4, 0.5) is 5.69 Å². The molecule has 0 saturated heterocycles. The summed E-state index contributed by atoms with van der Waals surface area (Å²) in [5, 5.41) is 14.7. The van der Waals surface area contributed by atoms with Crippen molar-refractivity contribution in [2.75, 3.05) is 18.5 Å². The molecule has 3 aromatic carbocycles. The number of carbonyl (C=O) groups excluding carboxylic acids is 2. The van der Waals surface area contributed by atoms with Crippen molar-refractivity contribution in [2.45, 2.75) is 18.9 Å². The van der Waals surface area contributed by atoms with Crippen molar-refractivity contribution in [3.63, 3.8) is 0 Å². The topological polar surface area (TPSA) is 116 Å². The standard InChI is InChI=1S/C26H24N4O4/c31-13-14-34-21-10-5-18(6-11-21)26(33)28-20-9-12-22-23(15-20)30-24(29-22)16-1-3-17(4-2-16)25(32)27-19-7-8-19/h1-6,9-12,15,19,31H,7-8,13-14H2,(H,27,32)(H,28,33)(H,29,30). The summed E-state index contributed by atoms with van der Waals surface area (Å²) in [6, 6.07) is 19.9. The van der Waals surface area contributed by atoms with Crippen LogP contribution in [0.25, 0.3) is 22.4 Å². The number of nitrogens with one attached hydrogen (secondary N) is 3. The van der Waals surface area contributed by atoms with E-state index < -0.39 is 0 Å². The van der Waals surface area contributed by atoms with E-state index in [0.717, 1.165) is 29.4 Å². The SMILES string of the molecule is O=C(Nc1ccc2[nH]c(-c3ccc(C(=O)NC4CC4)cc3)nc2c1)c1ccc(OCCO)cc1. The molecule has 172 valence electrons. The fraction of sp³-hybridized carbons (Fsp3) is 0.192. The number of benzene rings is 3. The van der Waals surface area contributed by atoms with E-state index in [2.05, 4.69) is 20.6 Å². The lowest BCUT2D eigenvalue weighted by Gasteiger charge is -2.07. The third kappa shape index (κ3) is 4.92. The van der Waals surface area contributed by atoms with Gasteiger partial charge in [0.15, 0.2) is 0 Å². The Morgan fingerprint density at radius 1 is 0.971 bits per heavy atom. The normalized spacial score (nSPS) is 13.0. The first-order valence-electron chi connectivity index (χ1n) is 11.2. The van der Waals surface area contributed by atoms with E-state index in [1.807, 2.05) is 30.3 Å². The van der Waals surface area contributed by atoms with Gasteiger partial charge in [-0.3, -0.25) is 9.59 Å². The number of hydrogen-bond donors (Lipinski definition) is 4. The molecule has 2 amide bonds. The van der Waals surface area contributed by atoms with Crippen LogP contribution in [0.2, 0.25) is 0 Å². The van der Waals surface area contributed by atoms with Crippen molar-refractivity contribution in [3.8, 4) is 17.1 Å². The number of anilines is 1. The van der Waals surface area contributed by atoms with Crippen LogP contribution in [-0.4, -0.2) is 46.1 Å². The molecule has 0 unspecified atom stereocenters. The molecular formula is C26H24N4O4. The van der Waals surface area contributed by atoms with Gasteiger partial charge in [-0.15, -0.1) is 0 Å². The zero-order chi connectivity index (χ0) is 23.5. The van der Waals surface area contributed by atoms with E-state index in [1.54, 1.807) is 36.4 Å². The van der Waals surface area contributed by atoms with Gasteiger partial charge >= 0.3 is 0 Å². The average Bonchev–Trinajstić information content (AvgIpc) is 3.58. The number of aliphatic hydroxyl groups is 1. The molecule has 0 aliphatic heterocycles. The van der Waals surface area contributed by atoms with Crippen molar-refractivity contribution >= 4 is 28.5 Å². The van der Waals surface area contributed by atoms with E-state index in [1.165, 1.54) is 0 Å². The van der Waals surface area contributed by atoms with Crippen LogP contribution in [0.15, 0.2) is 66.7 Å². The maximum atomic E-state index is 12.6. The molecule has 1 aliphatic rings. The Kier molecular flexibility index (Phi) is 5.97. The monoisotopic (exact) mass is 456 g/mol. The molecule has 5 rings (SSSR count). The minimum absolute atomic E-state index is 0.0497. The number of aliphatic hydroxyl groups excluding tert-OH is 1. The smallest absolute Gasteiger partial charge is 0.255 e. The summed E-state index contributed by atoms with van der Waals surface area (Å²) in [4.78, 5) is 32.7. The maximum absolute atomic E-state index is 12.6. The summed E-state index contributed by atoms with van der Waals surface area (Å²) in [5.74, 6) is 0.981. The van der Waals surface area contributed by atoms with E-state index in [4.69, 9.17) is 9.84 Å². The summed E-state index contributed by atoms with van der Waals surface area (Å²) < 4.78 is 5.32. The second-order valence-corrected chi connectivity index (χ2v) is 8.19. The lowest BCUT2D eigenvalue weighted by Crippen LogP contribution is -2.25. The number of fused-ring (bicyclic) bond motifs is 1. The minimum Gasteiger partial charge on any atom is -0.491 e. The van der Waals surface area contributed by atoms with E-state index >= 15 is 0 Å². The van der Waals surface area contributed by atoms with Crippen molar-refractivity contribution in [2.24, 2.45) is 0 Å². The first-order chi connectivity index (χ1) is 16.6. The zero-order valence-electron chi connectivity index (χ0n) is 18.4. The Morgan fingerprint density at radius 3 is 2.38 bits per heavy atom. The summed E-state index contributed by atoms with van der Waals surface area (Å²) in [7, 11) is 0. The number of carbonyl (C=O) groups is 2. The van der Waals surface area contributed by atoms with Gasteiger partial charge in [0.05, 0.1) is 17.6 Å². The number of ether oxygens (including phenoxy) is 1. The molecule has 1 aromatic heterocycles. The highest BCUT2D eigenvalue weighted by Gasteiger charge is 2.23. The van der Waals surface area contributed by atoms with Gasteiger partial charge in [-0.1, -0.05) is 12.1 Å². The molecule has 0 bridgehead atoms. The van der Waals surface area contributed by atoms with E-state index in [9.17, 15) is 9.59 Å². The van der Waals surface area contributed by atoms with Gasteiger partial charge in [0.1, 0.15) is 18.2 Å². The third-order valence-electron chi connectivity index (χ3n) is 5.55. The van der Waals surface area contributed by atoms with Crippen molar-refractivity contribution < 1.29 is 19.4 Å². The predicted molar refractivity (Wildman–Crippen MR) is 129 cm³/mol. The Hall–Kier alpha value is -4.17. The van der Waals surface area contributed by atoms with Gasteiger partial charge in [0.25, 0.3) is 11.8 Å². The van der Waals surface area contributed by atoms with Gasteiger partial charge in [0, 0.05) is 28.4 Å². The number of nitrogens with zero attached hydrogens (tertiary/aromatic N) is 1. The molecule has 8 nitrogen and oxygen atoms in total. The number of aromatic nitrogens is 2. The second-order valence-electron chi connectivity index (χ2n) is 8.19. The molecule has 1 fully saturated rings. The van der Waals surface area contributed by atoms with Gasteiger partial charge < -0.3 is 25.5 Å². The molecule has 4 N–H and O–H groups in total. The molecule has 8 heteroatoms. The van der Waals surface area contributed by atoms with E-state index in [0.29, 0.717) is 34.4 Å². The fourth-order valence-corrected chi connectivity index (χ4v) is 3.57. The fourth-order valence-electron chi connectivity index (χ4n) is 3.57. The first-order valence-corrected chi connectivity index (χ1v) is 11.2. The Morgan fingerprint density at radius 2 is 1.68 bits per heavy atom. The first kappa shape index (κ1) is 21.7. The Bertz CT molecular complexity index is 1330. The van der Waals surface area contributed by atoms with E-state index in [-0.39, 0.29) is 25.0 Å². The number of rotatable bonds is 8. The number of imidazole rings is 1. The van der Waals surface area contributed by atoms with Crippen LogP contribution in [0, 0.1) is 0 Å². The quantitative estimate of drug-likeness (QED) is 0.322. The Labute approximate surface area is 196 Å². The highest BCUT2D eigenvalue weighted by atomic mass is 16.5. The average molecular weight is 457 g/mol. The van der Waals surface area contributed by atoms with Gasteiger partial charge in [-0.2, -0.15) is 0 Å². The van der Waals surface area contributed by atoms with Gasteiger partial charge in [-0.05, 0) is 67.4 Å². The van der Waals surface area contributed by atoms with Crippen molar-refractivity contribution in [1.82, 2.24) is 15.3 Å². The van der Waals surface area contributed by atoms with Crippen LogP contribution < -0.4 is 15.4 Å². The summed E-state index contributed by atoms with van der Waals surface area (Å²) in [6.45, 7) is 0.138. The molecule has 0 radical (unpaired) electrons. The number of amides is 2. The number of aromatic amines is 1.